The Bertz CT molecular complexity index is 1110. The number of carbonyl (C=O) groups excluding carboxylic acids is 3. The summed E-state index contributed by atoms with van der Waals surface area (Å²) in [6.45, 7) is 1.54. The molecule has 1 aromatic carbocycles. The molecule has 0 spiro atoms. The minimum absolute atomic E-state index is 0.0164. The molecule has 4 rings (SSSR count). The van der Waals surface area contributed by atoms with E-state index in [0.717, 1.165) is 5.56 Å². The van der Waals surface area contributed by atoms with Crippen LogP contribution >= 0.6 is 0 Å². The number of nitrogens with zero attached hydrogens (tertiary/aromatic N) is 3. The lowest BCUT2D eigenvalue weighted by molar-refractivity contribution is -0.118. The van der Waals surface area contributed by atoms with E-state index in [2.05, 4.69) is 36.1 Å². The van der Waals surface area contributed by atoms with Gasteiger partial charge in [0.2, 0.25) is 5.91 Å². The molecule has 0 atom stereocenters. The van der Waals surface area contributed by atoms with Gasteiger partial charge in [-0.25, -0.2) is 9.97 Å². The third-order valence-electron chi connectivity index (χ3n) is 3.99. The predicted molar refractivity (Wildman–Crippen MR) is 97.7 cm³/mol. The molecule has 0 aliphatic carbocycles. The van der Waals surface area contributed by atoms with Gasteiger partial charge in [0.15, 0.2) is 18.1 Å². The van der Waals surface area contributed by atoms with Crippen LogP contribution in [0.2, 0.25) is 0 Å². The van der Waals surface area contributed by atoms with Gasteiger partial charge in [0.1, 0.15) is 23.1 Å². The quantitative estimate of drug-likeness (QED) is 0.516. The van der Waals surface area contributed by atoms with Crippen LogP contribution in [-0.4, -0.2) is 44.5 Å². The lowest BCUT2D eigenvalue weighted by Gasteiger charge is -2.18. The normalized spacial score (nSPS) is 12.7. The van der Waals surface area contributed by atoms with E-state index >= 15 is 0 Å². The number of fused-ring (bicyclic) bond motifs is 2. The summed E-state index contributed by atoms with van der Waals surface area (Å²) < 4.78 is 5.31. The van der Waals surface area contributed by atoms with Gasteiger partial charge in [-0.3, -0.25) is 19.5 Å². The van der Waals surface area contributed by atoms with E-state index in [9.17, 15) is 14.4 Å². The molecule has 0 unspecified atom stereocenters. The summed E-state index contributed by atoms with van der Waals surface area (Å²) >= 11 is 0. The van der Waals surface area contributed by atoms with Crippen molar-refractivity contribution in [1.29, 1.82) is 0 Å². The molecule has 3 amide bonds. The third-order valence-corrected chi connectivity index (χ3v) is 3.99. The first kappa shape index (κ1) is 17.4. The van der Waals surface area contributed by atoms with Gasteiger partial charge in [0.25, 0.3) is 11.8 Å². The number of carbonyl (C=O) groups is 3. The second kappa shape index (κ2) is 6.95. The molecule has 0 saturated carbocycles. The fourth-order valence-corrected chi connectivity index (χ4v) is 2.77. The van der Waals surface area contributed by atoms with Gasteiger partial charge < -0.3 is 20.7 Å². The number of aromatic nitrogens is 4. The van der Waals surface area contributed by atoms with Crippen LogP contribution in [0, 0.1) is 0 Å². The molecule has 0 bridgehead atoms. The summed E-state index contributed by atoms with van der Waals surface area (Å²) in [6.07, 6.45) is 1.23. The number of rotatable bonds is 4. The summed E-state index contributed by atoms with van der Waals surface area (Å²) in [5.74, 6) is -0.171. The van der Waals surface area contributed by atoms with Crippen LogP contribution in [0.4, 0.5) is 11.5 Å². The number of hydrogen-bond donors (Lipinski definition) is 4. The first-order chi connectivity index (χ1) is 13.5. The highest BCUT2D eigenvalue weighted by Gasteiger charge is 2.19. The van der Waals surface area contributed by atoms with E-state index in [1.807, 2.05) is 0 Å². The Kier molecular flexibility index (Phi) is 4.32. The molecule has 11 heteroatoms. The fraction of sp³-hybridized carbons (Fsp3) is 0.176. The van der Waals surface area contributed by atoms with Gasteiger partial charge in [0, 0.05) is 13.5 Å². The van der Waals surface area contributed by atoms with Gasteiger partial charge in [-0.05, 0) is 17.7 Å². The molecular weight excluding hydrogens is 366 g/mol. The zero-order valence-corrected chi connectivity index (χ0v) is 14.7. The molecule has 11 nitrogen and oxygen atoms in total. The molecule has 3 aromatic rings. The standard InChI is InChI=1S/C17H15N7O4/c1-8(25)21-16-14-13(23-24-16)15(20-7-19-14)17(27)18-5-9-2-3-11-10(4-9)22-12(26)6-28-11/h2-4,7H,5-6H2,1H3,(H,18,27)(H,22,26)(H2,21,23,24,25). The number of hydrogen-bond acceptors (Lipinski definition) is 7. The van der Waals surface area contributed by atoms with Gasteiger partial charge in [-0.15, -0.1) is 0 Å². The Morgan fingerprint density at radius 2 is 2.14 bits per heavy atom. The van der Waals surface area contributed by atoms with Crippen molar-refractivity contribution in [3.05, 3.63) is 35.8 Å². The van der Waals surface area contributed by atoms with Gasteiger partial charge in [-0.2, -0.15) is 5.10 Å². The van der Waals surface area contributed by atoms with E-state index in [1.165, 1.54) is 13.3 Å². The Morgan fingerprint density at radius 3 is 2.96 bits per heavy atom. The van der Waals surface area contributed by atoms with Crippen LogP contribution in [0.3, 0.4) is 0 Å². The average molecular weight is 381 g/mol. The van der Waals surface area contributed by atoms with Crippen LogP contribution in [0.25, 0.3) is 11.0 Å². The summed E-state index contributed by atoms with van der Waals surface area (Å²) in [6, 6.07) is 5.25. The summed E-state index contributed by atoms with van der Waals surface area (Å²) in [5, 5.41) is 14.6. The Balaban J connectivity index is 1.51. The second-order valence-corrected chi connectivity index (χ2v) is 6.05. The first-order valence-electron chi connectivity index (χ1n) is 8.31. The van der Waals surface area contributed by atoms with Crippen LogP contribution in [0.1, 0.15) is 23.0 Å². The molecule has 1 aliphatic heterocycles. The van der Waals surface area contributed by atoms with E-state index in [-0.39, 0.29) is 36.5 Å². The maximum Gasteiger partial charge on any atom is 0.272 e. The highest BCUT2D eigenvalue weighted by Crippen LogP contribution is 2.28. The third kappa shape index (κ3) is 3.32. The molecule has 1 aliphatic rings. The minimum atomic E-state index is -0.441. The maximum atomic E-state index is 12.6. The molecule has 2 aromatic heterocycles. The molecule has 3 heterocycles. The number of amides is 3. The van der Waals surface area contributed by atoms with Crippen LogP contribution < -0.4 is 20.7 Å². The zero-order valence-electron chi connectivity index (χ0n) is 14.7. The lowest BCUT2D eigenvalue weighted by Crippen LogP contribution is -2.26. The van der Waals surface area contributed by atoms with Crippen molar-refractivity contribution < 1.29 is 19.1 Å². The lowest BCUT2D eigenvalue weighted by atomic mass is 10.1. The molecule has 28 heavy (non-hydrogen) atoms. The maximum absolute atomic E-state index is 12.6. The van der Waals surface area contributed by atoms with Gasteiger partial charge in [-0.1, -0.05) is 6.07 Å². The van der Waals surface area contributed by atoms with Crippen LogP contribution in [-0.2, 0) is 16.1 Å². The highest BCUT2D eigenvalue weighted by atomic mass is 16.5. The van der Waals surface area contributed by atoms with Gasteiger partial charge >= 0.3 is 0 Å². The van der Waals surface area contributed by atoms with Crippen molar-refractivity contribution in [3.8, 4) is 5.75 Å². The Hall–Kier alpha value is -4.02. The minimum Gasteiger partial charge on any atom is -0.482 e. The van der Waals surface area contributed by atoms with Crippen LogP contribution in [0.15, 0.2) is 24.5 Å². The smallest absolute Gasteiger partial charge is 0.272 e. The van der Waals surface area contributed by atoms with E-state index < -0.39 is 5.91 Å². The number of nitrogens with one attached hydrogen (secondary N) is 4. The zero-order chi connectivity index (χ0) is 19.7. The topological polar surface area (TPSA) is 151 Å². The van der Waals surface area contributed by atoms with Crippen molar-refractivity contribution in [3.63, 3.8) is 0 Å². The predicted octanol–water partition coefficient (Wildman–Crippen LogP) is 0.572. The highest BCUT2D eigenvalue weighted by molar-refractivity contribution is 6.06. The summed E-state index contributed by atoms with van der Waals surface area (Å²) in [4.78, 5) is 43.3. The van der Waals surface area contributed by atoms with Crippen molar-refractivity contribution in [2.75, 3.05) is 17.2 Å². The Labute approximate surface area is 157 Å². The van der Waals surface area contributed by atoms with Crippen molar-refractivity contribution in [1.82, 2.24) is 25.5 Å². The average Bonchev–Trinajstić information content (AvgIpc) is 3.08. The van der Waals surface area contributed by atoms with E-state index in [0.29, 0.717) is 22.5 Å². The van der Waals surface area contributed by atoms with Crippen LogP contribution in [0.5, 0.6) is 5.75 Å². The molecular formula is C17H15N7O4. The molecule has 0 radical (unpaired) electrons. The van der Waals surface area contributed by atoms with E-state index in [4.69, 9.17) is 4.74 Å². The number of H-pyrrole nitrogens is 1. The number of aromatic amines is 1. The molecule has 0 fully saturated rings. The number of anilines is 2. The summed E-state index contributed by atoms with van der Waals surface area (Å²) in [5.41, 5.74) is 2.08. The number of benzene rings is 1. The van der Waals surface area contributed by atoms with Gasteiger partial charge in [0.05, 0.1) is 5.69 Å². The molecule has 4 N–H and O–H groups in total. The van der Waals surface area contributed by atoms with Crippen molar-refractivity contribution in [2.45, 2.75) is 13.5 Å². The fourth-order valence-electron chi connectivity index (χ4n) is 2.77. The van der Waals surface area contributed by atoms with Crippen molar-refractivity contribution in [2.24, 2.45) is 0 Å². The summed E-state index contributed by atoms with van der Waals surface area (Å²) in [7, 11) is 0. The monoisotopic (exact) mass is 381 g/mol. The van der Waals surface area contributed by atoms with E-state index in [1.54, 1.807) is 18.2 Å². The molecule has 142 valence electrons. The van der Waals surface area contributed by atoms with Crippen molar-refractivity contribution >= 4 is 40.3 Å². The second-order valence-electron chi connectivity index (χ2n) is 6.05. The largest absolute Gasteiger partial charge is 0.482 e. The number of ether oxygens (including phenoxy) is 1. The Morgan fingerprint density at radius 1 is 1.29 bits per heavy atom. The first-order valence-corrected chi connectivity index (χ1v) is 8.31. The molecule has 0 saturated heterocycles. The SMILES string of the molecule is CC(=O)Nc1n[nH]c2c(C(=O)NCc3ccc4c(c3)NC(=O)CO4)ncnc12.